The van der Waals surface area contributed by atoms with Crippen LogP contribution in [-0.2, 0) is 4.74 Å². The lowest BCUT2D eigenvalue weighted by atomic mass is 9.91. The molecule has 1 atom stereocenters. The van der Waals surface area contributed by atoms with Gasteiger partial charge >= 0.3 is 0 Å². The van der Waals surface area contributed by atoms with Crippen LogP contribution in [0.15, 0.2) is 5.38 Å². The fourth-order valence-corrected chi connectivity index (χ4v) is 2.77. The second-order valence-corrected chi connectivity index (χ2v) is 5.24. The van der Waals surface area contributed by atoms with Crippen molar-refractivity contribution in [1.29, 1.82) is 0 Å². The first kappa shape index (κ1) is 12.9. The third-order valence-corrected chi connectivity index (χ3v) is 3.81. The average Bonchev–Trinajstić information content (AvgIpc) is 2.89. The van der Waals surface area contributed by atoms with E-state index in [1.807, 2.05) is 0 Å². The van der Waals surface area contributed by atoms with Gasteiger partial charge in [0.15, 0.2) is 0 Å². The first-order valence-corrected chi connectivity index (χ1v) is 7.32. The summed E-state index contributed by atoms with van der Waals surface area (Å²) in [5.41, 5.74) is 1.11. The molecule has 1 aliphatic heterocycles. The molecule has 0 aromatic carbocycles. The molecule has 17 heavy (non-hydrogen) atoms. The molecule has 0 amide bonds. The van der Waals surface area contributed by atoms with Gasteiger partial charge in [-0.05, 0) is 49.7 Å². The van der Waals surface area contributed by atoms with Crippen molar-refractivity contribution in [2.45, 2.75) is 38.6 Å². The zero-order valence-electron chi connectivity index (χ0n) is 10.4. The van der Waals surface area contributed by atoms with Crippen LogP contribution in [0.25, 0.3) is 0 Å². The second kappa shape index (κ2) is 7.03. The highest BCUT2D eigenvalue weighted by molar-refractivity contribution is 7.03. The Morgan fingerprint density at radius 3 is 3.00 bits per heavy atom. The molecule has 2 heterocycles. The lowest BCUT2D eigenvalue weighted by molar-refractivity contribution is 0.0603. The van der Waals surface area contributed by atoms with Crippen molar-refractivity contribution in [3.8, 4) is 0 Å². The summed E-state index contributed by atoms with van der Waals surface area (Å²) < 4.78 is 9.38. The van der Waals surface area contributed by atoms with Gasteiger partial charge in [-0.25, -0.2) is 0 Å². The minimum atomic E-state index is 0.372. The fraction of sp³-hybridized carbons (Fsp3) is 0.833. The molecule has 1 N–H and O–H groups in total. The maximum Gasteiger partial charge on any atom is 0.0924 e. The molecular weight excluding hydrogens is 234 g/mol. The highest BCUT2D eigenvalue weighted by Gasteiger charge is 2.21. The molecule has 5 heteroatoms. The Morgan fingerprint density at radius 2 is 2.35 bits per heavy atom. The Hall–Kier alpha value is -0.520. The molecule has 0 saturated carbocycles. The van der Waals surface area contributed by atoms with Gasteiger partial charge in [0.1, 0.15) is 0 Å². The number of hydrogen-bond donors (Lipinski definition) is 1. The Balaban J connectivity index is 1.90. The van der Waals surface area contributed by atoms with Crippen molar-refractivity contribution >= 4 is 11.5 Å². The first-order chi connectivity index (χ1) is 8.40. The van der Waals surface area contributed by atoms with Gasteiger partial charge in [-0.15, -0.1) is 5.10 Å². The molecule has 1 aromatic heterocycles. The van der Waals surface area contributed by atoms with Gasteiger partial charge < -0.3 is 10.1 Å². The molecule has 1 aromatic rings. The van der Waals surface area contributed by atoms with Gasteiger partial charge in [0.25, 0.3) is 0 Å². The highest BCUT2D eigenvalue weighted by Crippen LogP contribution is 2.27. The zero-order valence-corrected chi connectivity index (χ0v) is 11.2. The maximum absolute atomic E-state index is 5.41. The van der Waals surface area contributed by atoms with Crippen LogP contribution in [0, 0.1) is 5.92 Å². The minimum absolute atomic E-state index is 0.372. The van der Waals surface area contributed by atoms with Gasteiger partial charge in [0.05, 0.1) is 11.7 Å². The summed E-state index contributed by atoms with van der Waals surface area (Å²) >= 11 is 1.44. The number of nitrogens with zero attached hydrogens (tertiary/aromatic N) is 2. The van der Waals surface area contributed by atoms with Crippen molar-refractivity contribution < 1.29 is 4.74 Å². The standard InChI is InChI=1S/C12H21N3OS/c1-2-5-13-11(12-9-17-15-14-12)8-10-3-6-16-7-4-10/h9-11,13H,2-8H2,1H3. The van der Waals surface area contributed by atoms with Crippen LogP contribution in [0.4, 0.5) is 0 Å². The summed E-state index contributed by atoms with van der Waals surface area (Å²) in [4.78, 5) is 0. The van der Waals surface area contributed by atoms with Crippen molar-refractivity contribution in [1.82, 2.24) is 14.9 Å². The molecule has 1 aliphatic rings. The number of hydrogen-bond acceptors (Lipinski definition) is 5. The summed E-state index contributed by atoms with van der Waals surface area (Å²) in [5.74, 6) is 0.764. The first-order valence-electron chi connectivity index (χ1n) is 6.48. The van der Waals surface area contributed by atoms with Gasteiger partial charge in [0, 0.05) is 18.6 Å². The number of nitrogens with one attached hydrogen (secondary N) is 1. The van der Waals surface area contributed by atoms with E-state index >= 15 is 0 Å². The fourth-order valence-electron chi connectivity index (χ4n) is 2.27. The number of aromatic nitrogens is 2. The molecule has 0 bridgehead atoms. The summed E-state index contributed by atoms with van der Waals surface area (Å²) in [6.45, 7) is 5.07. The molecule has 1 fully saturated rings. The minimum Gasteiger partial charge on any atom is -0.381 e. The SMILES string of the molecule is CCCNC(CC1CCOCC1)c1csnn1. The van der Waals surface area contributed by atoms with Crippen LogP contribution in [0.2, 0.25) is 0 Å². The molecule has 0 spiro atoms. The van der Waals surface area contributed by atoms with Crippen LogP contribution in [0.5, 0.6) is 0 Å². The van der Waals surface area contributed by atoms with Crippen LogP contribution in [0.1, 0.15) is 44.3 Å². The third-order valence-electron chi connectivity index (χ3n) is 3.28. The molecular formula is C12H21N3OS. The van der Waals surface area contributed by atoms with Gasteiger partial charge in [0.2, 0.25) is 0 Å². The van der Waals surface area contributed by atoms with Crippen molar-refractivity contribution in [3.05, 3.63) is 11.1 Å². The lowest BCUT2D eigenvalue weighted by Crippen LogP contribution is -2.27. The van der Waals surface area contributed by atoms with Crippen LogP contribution < -0.4 is 5.32 Å². The number of ether oxygens (including phenoxy) is 1. The van der Waals surface area contributed by atoms with E-state index in [1.54, 1.807) is 0 Å². The molecule has 4 nitrogen and oxygen atoms in total. The van der Waals surface area contributed by atoms with E-state index in [0.29, 0.717) is 6.04 Å². The molecule has 0 aliphatic carbocycles. The molecule has 1 unspecified atom stereocenters. The Morgan fingerprint density at radius 1 is 1.53 bits per heavy atom. The second-order valence-electron chi connectivity index (χ2n) is 4.63. The van der Waals surface area contributed by atoms with E-state index in [4.69, 9.17) is 4.74 Å². The van der Waals surface area contributed by atoms with Crippen molar-refractivity contribution in [3.63, 3.8) is 0 Å². The molecule has 0 radical (unpaired) electrons. The quantitative estimate of drug-likeness (QED) is 0.848. The highest BCUT2D eigenvalue weighted by atomic mass is 32.1. The van der Waals surface area contributed by atoms with Crippen molar-refractivity contribution in [2.24, 2.45) is 5.92 Å². The van der Waals surface area contributed by atoms with Crippen molar-refractivity contribution in [2.75, 3.05) is 19.8 Å². The normalized spacial score (nSPS) is 19.4. The lowest BCUT2D eigenvalue weighted by Gasteiger charge is -2.26. The van der Waals surface area contributed by atoms with E-state index in [1.165, 1.54) is 24.4 Å². The third kappa shape index (κ3) is 4.01. The average molecular weight is 255 g/mol. The molecule has 2 rings (SSSR count). The van der Waals surface area contributed by atoms with Crippen LogP contribution in [0.3, 0.4) is 0 Å². The van der Waals surface area contributed by atoms with Crippen LogP contribution >= 0.6 is 11.5 Å². The predicted molar refractivity (Wildman–Crippen MR) is 69.1 cm³/mol. The Bertz CT molecular complexity index is 299. The smallest absolute Gasteiger partial charge is 0.0924 e. The Labute approximate surface area is 107 Å². The van der Waals surface area contributed by atoms with Crippen LogP contribution in [-0.4, -0.2) is 29.3 Å². The van der Waals surface area contributed by atoms with Gasteiger partial charge in [-0.1, -0.05) is 11.4 Å². The monoisotopic (exact) mass is 255 g/mol. The molecule has 1 saturated heterocycles. The van der Waals surface area contributed by atoms with E-state index in [2.05, 4.69) is 27.2 Å². The summed E-state index contributed by atoms with van der Waals surface area (Å²) in [7, 11) is 0. The van der Waals surface area contributed by atoms with Gasteiger partial charge in [-0.3, -0.25) is 0 Å². The summed E-state index contributed by atoms with van der Waals surface area (Å²) in [5, 5.41) is 9.85. The van der Waals surface area contributed by atoms with E-state index in [0.717, 1.165) is 44.2 Å². The zero-order chi connectivity index (χ0) is 11.9. The van der Waals surface area contributed by atoms with E-state index in [9.17, 15) is 0 Å². The van der Waals surface area contributed by atoms with E-state index < -0.39 is 0 Å². The maximum atomic E-state index is 5.41. The topological polar surface area (TPSA) is 47.0 Å². The predicted octanol–water partition coefficient (Wildman–Crippen LogP) is 2.40. The molecule has 96 valence electrons. The Kier molecular flexibility index (Phi) is 5.35. The summed E-state index contributed by atoms with van der Waals surface area (Å²) in [6.07, 6.45) is 4.68. The number of rotatable bonds is 6. The summed E-state index contributed by atoms with van der Waals surface area (Å²) in [6, 6.07) is 0.372. The van der Waals surface area contributed by atoms with E-state index in [-0.39, 0.29) is 0 Å². The van der Waals surface area contributed by atoms with Gasteiger partial charge in [-0.2, -0.15) is 0 Å². The largest absolute Gasteiger partial charge is 0.381 e.